The number of sulfonamides is 1. The third kappa shape index (κ3) is 3.23. The third-order valence-electron chi connectivity index (χ3n) is 4.76. The predicted octanol–water partition coefficient (Wildman–Crippen LogP) is 2.91. The maximum Gasteiger partial charge on any atom is 0.240 e. The van der Waals surface area contributed by atoms with Gasteiger partial charge in [-0.15, -0.1) is 11.3 Å². The van der Waals surface area contributed by atoms with Crippen molar-refractivity contribution in [3.8, 4) is 0 Å². The maximum absolute atomic E-state index is 12.6. The molecule has 2 heterocycles. The van der Waals surface area contributed by atoms with Crippen LogP contribution in [0.25, 0.3) is 0 Å². The molecular weight excluding hydrogens is 356 g/mol. The van der Waals surface area contributed by atoms with Crippen molar-refractivity contribution in [2.75, 3.05) is 4.90 Å². The number of nitrogens with zero attached hydrogens (tertiary/aromatic N) is 1. The van der Waals surface area contributed by atoms with E-state index in [0.29, 0.717) is 13.0 Å². The highest BCUT2D eigenvalue weighted by Gasteiger charge is 2.39. The van der Waals surface area contributed by atoms with Gasteiger partial charge in [0.2, 0.25) is 15.9 Å². The van der Waals surface area contributed by atoms with Crippen LogP contribution in [0.2, 0.25) is 0 Å². The van der Waals surface area contributed by atoms with Crippen LogP contribution in [0.15, 0.2) is 40.6 Å². The van der Waals surface area contributed by atoms with Gasteiger partial charge in [0.05, 0.1) is 4.90 Å². The van der Waals surface area contributed by atoms with Crippen LogP contribution in [0.1, 0.15) is 30.2 Å². The first-order valence-corrected chi connectivity index (χ1v) is 10.8. The number of thiophene rings is 1. The van der Waals surface area contributed by atoms with Crippen LogP contribution in [-0.4, -0.2) is 20.4 Å². The summed E-state index contributed by atoms with van der Waals surface area (Å²) in [4.78, 5) is 15.6. The standard InChI is InChI=1S/C18H20N2O3S2/c1-12-9-14-10-16(25(22,23)19-11-15-3-2-8-24-15)6-7-17(14)20(12)18(21)13-4-5-13/h2-3,6-8,10,12-13,19H,4-5,9,11H2,1H3/t12-/m1/s1. The average molecular weight is 377 g/mol. The lowest BCUT2D eigenvalue weighted by molar-refractivity contribution is -0.120. The number of benzene rings is 1. The molecule has 2 aliphatic rings. The summed E-state index contributed by atoms with van der Waals surface area (Å²) in [6.45, 7) is 2.31. The molecule has 1 aliphatic heterocycles. The first kappa shape index (κ1) is 16.8. The van der Waals surface area contributed by atoms with Crippen molar-refractivity contribution >= 4 is 33.0 Å². The summed E-state index contributed by atoms with van der Waals surface area (Å²) in [7, 11) is -3.56. The summed E-state index contributed by atoms with van der Waals surface area (Å²) in [6, 6.07) is 8.97. The first-order chi connectivity index (χ1) is 12.0. The molecule has 0 spiro atoms. The van der Waals surface area contributed by atoms with Crippen LogP contribution in [0.3, 0.4) is 0 Å². The van der Waals surface area contributed by atoms with E-state index < -0.39 is 10.0 Å². The molecule has 1 aromatic heterocycles. The molecule has 1 saturated carbocycles. The topological polar surface area (TPSA) is 66.5 Å². The second-order valence-electron chi connectivity index (χ2n) is 6.73. The molecular formula is C18H20N2O3S2. The Balaban J connectivity index is 1.57. The molecule has 0 radical (unpaired) electrons. The van der Waals surface area contributed by atoms with Gasteiger partial charge in [-0.25, -0.2) is 13.1 Å². The molecule has 1 amide bonds. The molecule has 1 atom stereocenters. The van der Waals surface area contributed by atoms with Crippen LogP contribution in [0.4, 0.5) is 5.69 Å². The lowest BCUT2D eigenvalue weighted by Gasteiger charge is -2.22. The highest BCUT2D eigenvalue weighted by Crippen LogP contribution is 2.39. The second-order valence-corrected chi connectivity index (χ2v) is 9.53. The largest absolute Gasteiger partial charge is 0.309 e. The summed E-state index contributed by atoms with van der Waals surface area (Å²) in [5.74, 6) is 0.335. The molecule has 2 aromatic rings. The Morgan fingerprint density at radius 2 is 2.12 bits per heavy atom. The molecule has 4 rings (SSSR count). The number of nitrogens with one attached hydrogen (secondary N) is 1. The van der Waals surface area contributed by atoms with Gasteiger partial charge in [-0.2, -0.15) is 0 Å². The van der Waals surface area contributed by atoms with E-state index in [1.165, 1.54) is 11.3 Å². The summed E-state index contributed by atoms with van der Waals surface area (Å²) in [5.41, 5.74) is 1.79. The zero-order chi connectivity index (χ0) is 17.6. The van der Waals surface area contributed by atoms with Gasteiger partial charge in [0.25, 0.3) is 0 Å². The molecule has 0 bridgehead atoms. The Bertz CT molecular complexity index is 902. The molecule has 1 N–H and O–H groups in total. The zero-order valence-electron chi connectivity index (χ0n) is 13.9. The third-order valence-corrected chi connectivity index (χ3v) is 7.03. The van der Waals surface area contributed by atoms with Gasteiger partial charge in [0.1, 0.15) is 0 Å². The Morgan fingerprint density at radius 1 is 1.32 bits per heavy atom. The Hall–Kier alpha value is -1.70. The smallest absolute Gasteiger partial charge is 0.240 e. The van der Waals surface area contributed by atoms with Gasteiger partial charge in [-0.05, 0) is 61.4 Å². The van der Waals surface area contributed by atoms with Crippen molar-refractivity contribution < 1.29 is 13.2 Å². The monoisotopic (exact) mass is 376 g/mol. The number of fused-ring (bicyclic) bond motifs is 1. The van der Waals surface area contributed by atoms with Crippen LogP contribution in [0.5, 0.6) is 0 Å². The van der Waals surface area contributed by atoms with Gasteiger partial charge in [-0.1, -0.05) is 6.07 Å². The van der Waals surface area contributed by atoms with Crippen molar-refractivity contribution in [3.05, 3.63) is 46.2 Å². The molecule has 0 unspecified atom stereocenters. The SMILES string of the molecule is C[C@@H]1Cc2cc(S(=O)(=O)NCc3cccs3)ccc2N1C(=O)C1CC1. The molecule has 132 valence electrons. The molecule has 1 aliphatic carbocycles. The maximum atomic E-state index is 12.6. The van der Waals surface area contributed by atoms with Crippen LogP contribution >= 0.6 is 11.3 Å². The van der Waals surface area contributed by atoms with E-state index in [9.17, 15) is 13.2 Å². The Labute approximate surface area is 151 Å². The van der Waals surface area contributed by atoms with Gasteiger partial charge < -0.3 is 4.90 Å². The number of hydrogen-bond acceptors (Lipinski definition) is 4. The summed E-state index contributed by atoms with van der Waals surface area (Å²) in [5, 5.41) is 1.92. The predicted molar refractivity (Wildman–Crippen MR) is 98.2 cm³/mol. The van der Waals surface area contributed by atoms with Crippen molar-refractivity contribution in [1.82, 2.24) is 4.72 Å². The zero-order valence-corrected chi connectivity index (χ0v) is 15.6. The molecule has 1 aromatic carbocycles. The summed E-state index contributed by atoms with van der Waals surface area (Å²) in [6.07, 6.45) is 2.63. The minimum atomic E-state index is -3.56. The highest BCUT2D eigenvalue weighted by molar-refractivity contribution is 7.89. The van der Waals surface area contributed by atoms with Crippen LogP contribution in [-0.2, 0) is 27.8 Å². The van der Waals surface area contributed by atoms with E-state index in [2.05, 4.69) is 4.72 Å². The number of amides is 1. The van der Waals surface area contributed by atoms with Crippen molar-refractivity contribution in [2.24, 2.45) is 5.92 Å². The van der Waals surface area contributed by atoms with E-state index in [1.54, 1.807) is 18.2 Å². The van der Waals surface area contributed by atoms with Crippen LogP contribution < -0.4 is 9.62 Å². The number of carbonyl (C=O) groups excluding carboxylic acids is 1. The minimum absolute atomic E-state index is 0.0835. The van der Waals surface area contributed by atoms with E-state index >= 15 is 0 Å². The molecule has 1 fully saturated rings. The first-order valence-electron chi connectivity index (χ1n) is 8.44. The molecule has 25 heavy (non-hydrogen) atoms. The summed E-state index contributed by atoms with van der Waals surface area (Å²) >= 11 is 1.52. The Kier molecular flexibility index (Phi) is 4.17. The van der Waals surface area contributed by atoms with E-state index in [1.807, 2.05) is 29.3 Å². The van der Waals surface area contributed by atoms with Crippen molar-refractivity contribution in [1.29, 1.82) is 0 Å². The normalized spacial score (nSPS) is 19.9. The van der Waals surface area contributed by atoms with Crippen LogP contribution in [0, 0.1) is 5.92 Å². The second kappa shape index (κ2) is 6.23. The quantitative estimate of drug-likeness (QED) is 0.872. The average Bonchev–Trinajstić information content (AvgIpc) is 3.19. The Morgan fingerprint density at radius 3 is 2.80 bits per heavy atom. The number of rotatable bonds is 5. The van der Waals surface area contributed by atoms with Crippen molar-refractivity contribution in [2.45, 2.75) is 43.7 Å². The van der Waals surface area contributed by atoms with Crippen molar-refractivity contribution in [3.63, 3.8) is 0 Å². The van der Waals surface area contributed by atoms with Gasteiger partial charge >= 0.3 is 0 Å². The lowest BCUT2D eigenvalue weighted by Crippen LogP contribution is -2.36. The number of carbonyl (C=O) groups is 1. The number of anilines is 1. The van der Waals surface area contributed by atoms with E-state index in [-0.39, 0.29) is 22.8 Å². The van der Waals surface area contributed by atoms with E-state index in [4.69, 9.17) is 0 Å². The van der Waals surface area contributed by atoms with E-state index in [0.717, 1.165) is 29.0 Å². The highest BCUT2D eigenvalue weighted by atomic mass is 32.2. The molecule has 7 heteroatoms. The number of hydrogen-bond donors (Lipinski definition) is 1. The molecule has 5 nitrogen and oxygen atoms in total. The fourth-order valence-electron chi connectivity index (χ4n) is 3.30. The minimum Gasteiger partial charge on any atom is -0.309 e. The fourth-order valence-corrected chi connectivity index (χ4v) is 5.09. The molecule has 0 saturated heterocycles. The summed E-state index contributed by atoms with van der Waals surface area (Å²) < 4.78 is 27.8. The van der Waals surface area contributed by atoms with Gasteiger partial charge in [-0.3, -0.25) is 4.79 Å². The fraction of sp³-hybridized carbons (Fsp3) is 0.389. The van der Waals surface area contributed by atoms with Gasteiger partial charge in [0, 0.05) is 29.1 Å². The van der Waals surface area contributed by atoms with Gasteiger partial charge in [0.15, 0.2) is 0 Å². The lowest BCUT2D eigenvalue weighted by atomic mass is 10.1.